The number of rotatable bonds is 6. The minimum absolute atomic E-state index is 0.0327. The molecule has 1 fully saturated rings. The molecular weight excluding hydrogens is 608 g/mol. The number of phenols is 2. The molecule has 7 unspecified atom stereocenters. The lowest BCUT2D eigenvalue weighted by Crippen LogP contribution is -2.67. The number of ether oxygens (including phenoxy) is 5. The standard InChI is InChI=1S/C32H36O14/c1-12-28(44-14(3)34)31(5,40)29(45-15(4)35)30(43-12)46-19-11-32(41,13(2)33)10-17-21(19)27(39)23-22(25(17)37)24(36)16-8-7-9-18(42-6)20(16)26(23)38/h7-9,12,18-20,28-30,37,39-41H,10-11H2,1-6H3/t12?,18?,19-,20?,28?,29?,30?,31?,32-/m0/s1. The monoisotopic (exact) mass is 644 g/mol. The fraction of sp³-hybridized carbons (Fsp3) is 0.531. The highest BCUT2D eigenvalue weighted by Gasteiger charge is 2.58. The van der Waals surface area contributed by atoms with Gasteiger partial charge in [0, 0.05) is 50.5 Å². The molecule has 1 aliphatic heterocycles. The Balaban J connectivity index is 1.66. The molecular formula is C32H36O14. The van der Waals surface area contributed by atoms with Crippen molar-refractivity contribution in [2.45, 2.75) is 95.5 Å². The molecule has 14 nitrogen and oxygen atoms in total. The van der Waals surface area contributed by atoms with Crippen LogP contribution >= 0.6 is 0 Å². The Morgan fingerprint density at radius 2 is 1.61 bits per heavy atom. The van der Waals surface area contributed by atoms with Crippen LogP contribution in [0.15, 0.2) is 23.8 Å². The molecule has 1 aromatic carbocycles. The third-order valence-corrected chi connectivity index (χ3v) is 9.15. The van der Waals surface area contributed by atoms with Crippen molar-refractivity contribution < 1.29 is 68.1 Å². The Morgan fingerprint density at radius 3 is 2.20 bits per heavy atom. The maximum atomic E-state index is 13.9. The molecule has 0 aromatic heterocycles. The van der Waals surface area contributed by atoms with Gasteiger partial charge in [-0.3, -0.25) is 24.0 Å². The van der Waals surface area contributed by atoms with E-state index in [0.717, 1.165) is 20.8 Å². The van der Waals surface area contributed by atoms with Gasteiger partial charge in [0.15, 0.2) is 35.8 Å². The van der Waals surface area contributed by atoms with Gasteiger partial charge in [-0.15, -0.1) is 0 Å². The van der Waals surface area contributed by atoms with Crippen molar-refractivity contribution in [3.63, 3.8) is 0 Å². The van der Waals surface area contributed by atoms with Crippen molar-refractivity contribution in [1.82, 2.24) is 0 Å². The van der Waals surface area contributed by atoms with Crippen LogP contribution in [0, 0.1) is 5.92 Å². The summed E-state index contributed by atoms with van der Waals surface area (Å²) < 4.78 is 28.1. The normalized spacial score (nSPS) is 35.0. The molecule has 14 heteroatoms. The van der Waals surface area contributed by atoms with Gasteiger partial charge in [0.1, 0.15) is 22.7 Å². The number of carbonyl (C=O) groups excluding carboxylic acids is 5. The van der Waals surface area contributed by atoms with E-state index in [1.807, 2.05) is 0 Å². The first-order valence-corrected chi connectivity index (χ1v) is 14.7. The minimum atomic E-state index is -2.19. The van der Waals surface area contributed by atoms with Crippen LogP contribution in [0.1, 0.15) is 79.0 Å². The van der Waals surface area contributed by atoms with Crippen LogP contribution in [0.3, 0.4) is 0 Å². The zero-order valence-corrected chi connectivity index (χ0v) is 26.1. The van der Waals surface area contributed by atoms with Gasteiger partial charge in [0.2, 0.25) is 0 Å². The van der Waals surface area contributed by atoms with E-state index in [2.05, 4.69) is 0 Å². The molecule has 4 aliphatic rings. The lowest BCUT2D eigenvalue weighted by molar-refractivity contribution is -0.336. The van der Waals surface area contributed by atoms with Crippen molar-refractivity contribution in [2.75, 3.05) is 7.11 Å². The minimum Gasteiger partial charge on any atom is -0.507 e. The third-order valence-electron chi connectivity index (χ3n) is 9.15. The molecule has 9 atom stereocenters. The van der Waals surface area contributed by atoms with E-state index in [0.29, 0.717) is 0 Å². The van der Waals surface area contributed by atoms with E-state index < -0.39 is 119 Å². The number of aliphatic hydroxyl groups is 2. The largest absolute Gasteiger partial charge is 0.507 e. The van der Waals surface area contributed by atoms with Crippen molar-refractivity contribution in [3.8, 4) is 11.5 Å². The van der Waals surface area contributed by atoms with E-state index in [-0.39, 0.29) is 16.7 Å². The van der Waals surface area contributed by atoms with Crippen LogP contribution < -0.4 is 0 Å². The molecule has 1 saturated heterocycles. The number of fused-ring (bicyclic) bond motifs is 3. The molecule has 0 radical (unpaired) electrons. The molecule has 5 rings (SSSR count). The summed E-state index contributed by atoms with van der Waals surface area (Å²) in [4.78, 5) is 64.3. The average Bonchev–Trinajstić information content (AvgIpc) is 2.97. The molecule has 0 spiro atoms. The van der Waals surface area contributed by atoms with Crippen molar-refractivity contribution in [2.24, 2.45) is 5.92 Å². The Morgan fingerprint density at radius 1 is 0.978 bits per heavy atom. The van der Waals surface area contributed by atoms with Gasteiger partial charge in [-0.1, -0.05) is 18.2 Å². The highest BCUT2D eigenvalue weighted by atomic mass is 16.7. The molecule has 4 N–H and O–H groups in total. The third kappa shape index (κ3) is 5.23. The Bertz CT molecular complexity index is 1590. The molecule has 0 bridgehead atoms. The lowest BCUT2D eigenvalue weighted by atomic mass is 9.68. The second-order valence-corrected chi connectivity index (χ2v) is 12.3. The van der Waals surface area contributed by atoms with Gasteiger partial charge in [-0.25, -0.2) is 0 Å². The zero-order valence-electron chi connectivity index (χ0n) is 26.1. The van der Waals surface area contributed by atoms with Crippen molar-refractivity contribution >= 4 is 29.3 Å². The van der Waals surface area contributed by atoms with Crippen LogP contribution in [-0.4, -0.2) is 98.7 Å². The summed E-state index contributed by atoms with van der Waals surface area (Å²) >= 11 is 0. The number of allylic oxidation sites excluding steroid dienone is 2. The average molecular weight is 645 g/mol. The first-order valence-electron chi connectivity index (χ1n) is 14.7. The fourth-order valence-electron chi connectivity index (χ4n) is 6.90. The summed E-state index contributed by atoms with van der Waals surface area (Å²) in [7, 11) is 1.35. The van der Waals surface area contributed by atoms with E-state index in [9.17, 15) is 44.4 Å². The van der Waals surface area contributed by atoms with Crippen LogP contribution in [0.4, 0.5) is 0 Å². The second kappa shape index (κ2) is 11.7. The van der Waals surface area contributed by atoms with Gasteiger partial charge in [-0.2, -0.15) is 0 Å². The quantitative estimate of drug-likeness (QED) is 0.254. The Labute approximate surface area is 263 Å². The number of methoxy groups -OCH3 is 1. The second-order valence-electron chi connectivity index (χ2n) is 12.3. The molecule has 0 amide bonds. The SMILES string of the molecule is COC1C=CC=C2C(=O)c3c(O)c4c(c(O)c3C(=O)C21)[C@@H](OC1OC(C)C(OC(C)=O)C(C)(O)C1OC(C)=O)C[C@](O)(C(C)=O)C4. The number of benzene rings is 1. The summed E-state index contributed by atoms with van der Waals surface area (Å²) in [6.07, 6.45) is -4.60. The Hall–Kier alpha value is -3.95. The highest BCUT2D eigenvalue weighted by molar-refractivity contribution is 6.26. The molecule has 46 heavy (non-hydrogen) atoms. The van der Waals surface area contributed by atoms with Gasteiger partial charge in [0.05, 0.1) is 35.4 Å². The fourth-order valence-corrected chi connectivity index (χ4v) is 6.90. The molecule has 248 valence electrons. The highest BCUT2D eigenvalue weighted by Crippen LogP contribution is 2.53. The Kier molecular flexibility index (Phi) is 8.49. The van der Waals surface area contributed by atoms with Gasteiger partial charge < -0.3 is 44.1 Å². The zero-order chi connectivity index (χ0) is 34.0. The first kappa shape index (κ1) is 33.4. The maximum absolute atomic E-state index is 13.9. The summed E-state index contributed by atoms with van der Waals surface area (Å²) in [5, 5.41) is 46.2. The number of esters is 2. The molecule has 1 aromatic rings. The number of ketones is 3. The predicted molar refractivity (Wildman–Crippen MR) is 154 cm³/mol. The lowest BCUT2D eigenvalue weighted by Gasteiger charge is -2.49. The number of aromatic hydroxyl groups is 2. The van der Waals surface area contributed by atoms with Crippen LogP contribution in [0.25, 0.3) is 0 Å². The number of phenolic OH excluding ortho intramolecular Hbond substituents is 2. The van der Waals surface area contributed by atoms with Gasteiger partial charge >= 0.3 is 11.9 Å². The van der Waals surface area contributed by atoms with Gasteiger partial charge in [-0.05, 0) is 20.8 Å². The number of hydrogen-bond acceptors (Lipinski definition) is 14. The van der Waals surface area contributed by atoms with E-state index in [4.69, 9.17) is 23.7 Å². The van der Waals surface area contributed by atoms with Crippen molar-refractivity contribution in [3.05, 3.63) is 46.1 Å². The maximum Gasteiger partial charge on any atom is 0.303 e. The molecule has 0 saturated carbocycles. The predicted octanol–water partition coefficient (Wildman–Crippen LogP) is 1.29. The van der Waals surface area contributed by atoms with Crippen LogP contribution in [-0.2, 0) is 44.5 Å². The summed E-state index contributed by atoms with van der Waals surface area (Å²) in [6.45, 7) is 5.99. The van der Waals surface area contributed by atoms with E-state index >= 15 is 0 Å². The molecule has 1 heterocycles. The van der Waals surface area contributed by atoms with E-state index in [1.54, 1.807) is 6.08 Å². The van der Waals surface area contributed by atoms with Gasteiger partial charge in [0.25, 0.3) is 0 Å². The van der Waals surface area contributed by atoms with E-state index in [1.165, 1.54) is 33.1 Å². The topological polar surface area (TPSA) is 212 Å². The summed E-state index contributed by atoms with van der Waals surface area (Å²) in [6, 6.07) is 0. The number of Topliss-reactive ketones (excluding diaryl/α,β-unsaturated/α-hetero) is 3. The molecule has 3 aliphatic carbocycles. The van der Waals surface area contributed by atoms with Crippen LogP contribution in [0.2, 0.25) is 0 Å². The van der Waals surface area contributed by atoms with Crippen LogP contribution in [0.5, 0.6) is 11.5 Å². The summed E-state index contributed by atoms with van der Waals surface area (Å²) in [5.74, 6) is -6.38. The van der Waals surface area contributed by atoms with Crippen molar-refractivity contribution in [1.29, 1.82) is 0 Å². The number of hydrogen-bond donors (Lipinski definition) is 4. The summed E-state index contributed by atoms with van der Waals surface area (Å²) in [5.41, 5.74) is -5.66. The number of carbonyl (C=O) groups is 5. The smallest absolute Gasteiger partial charge is 0.303 e. The first-order chi connectivity index (χ1) is 21.4.